The highest BCUT2D eigenvalue weighted by Gasteiger charge is 2.20. The second kappa shape index (κ2) is 9.08. The summed E-state index contributed by atoms with van der Waals surface area (Å²) in [6.07, 6.45) is 3.06. The first kappa shape index (κ1) is 22.4. The summed E-state index contributed by atoms with van der Waals surface area (Å²) >= 11 is 6.69. The first-order chi connectivity index (χ1) is 16.9. The average Bonchev–Trinajstić information content (AvgIpc) is 3.53. The van der Waals surface area contributed by atoms with Crippen LogP contribution < -0.4 is 10.1 Å². The quantitative estimate of drug-likeness (QED) is 0.197. The molecule has 1 N–H and O–H groups in total. The van der Waals surface area contributed by atoms with Crippen LogP contribution in [0.4, 0.5) is 10.8 Å². The van der Waals surface area contributed by atoms with Gasteiger partial charge in [-0.15, -0.1) is 0 Å². The molecule has 1 amide bonds. The van der Waals surface area contributed by atoms with E-state index < -0.39 is 10.8 Å². The summed E-state index contributed by atoms with van der Waals surface area (Å²) in [6, 6.07) is 13.2. The lowest BCUT2D eigenvalue weighted by molar-refractivity contribution is -0.380. The average molecular weight is 508 g/mol. The molecule has 35 heavy (non-hydrogen) atoms. The van der Waals surface area contributed by atoms with E-state index in [9.17, 15) is 14.9 Å². The molecular formula is C22H14ClN7O4S. The van der Waals surface area contributed by atoms with Crippen LogP contribution in [0.3, 0.4) is 0 Å². The highest BCUT2D eigenvalue weighted by molar-refractivity contribution is 7.17. The Kier molecular flexibility index (Phi) is 5.81. The van der Waals surface area contributed by atoms with Crippen molar-refractivity contribution in [3.8, 4) is 22.8 Å². The Bertz CT molecular complexity index is 1570. The number of carbonyl (C=O) groups excluding carboxylic acids is 1. The predicted octanol–water partition coefficient (Wildman–Crippen LogP) is 4.76. The van der Waals surface area contributed by atoms with Gasteiger partial charge in [0, 0.05) is 17.8 Å². The van der Waals surface area contributed by atoms with E-state index in [-0.39, 0.29) is 21.5 Å². The summed E-state index contributed by atoms with van der Waals surface area (Å²) in [5.74, 6) is 0.622. The topological polar surface area (TPSA) is 138 Å². The van der Waals surface area contributed by atoms with Crippen LogP contribution in [-0.2, 0) is 0 Å². The molecule has 0 aliphatic rings. The van der Waals surface area contributed by atoms with Crippen LogP contribution in [0, 0.1) is 10.1 Å². The summed E-state index contributed by atoms with van der Waals surface area (Å²) in [6.45, 7) is 0. The number of nitrogens with one attached hydrogen (secondary N) is 1. The van der Waals surface area contributed by atoms with Gasteiger partial charge in [0.15, 0.2) is 11.5 Å². The van der Waals surface area contributed by atoms with Crippen LogP contribution in [-0.4, -0.2) is 42.7 Å². The van der Waals surface area contributed by atoms with Gasteiger partial charge in [0.25, 0.3) is 5.91 Å². The van der Waals surface area contributed by atoms with E-state index in [2.05, 4.69) is 25.4 Å². The molecule has 0 spiro atoms. The van der Waals surface area contributed by atoms with Gasteiger partial charge in [0.05, 0.1) is 34.2 Å². The predicted molar refractivity (Wildman–Crippen MR) is 130 cm³/mol. The molecule has 0 saturated carbocycles. The molecule has 0 saturated heterocycles. The molecule has 0 aliphatic carbocycles. The number of thiophene rings is 1. The fourth-order valence-electron chi connectivity index (χ4n) is 3.27. The summed E-state index contributed by atoms with van der Waals surface area (Å²) < 4.78 is 6.83. The third kappa shape index (κ3) is 4.39. The minimum absolute atomic E-state index is 0.136. The molecular weight excluding hydrogens is 494 g/mol. The van der Waals surface area contributed by atoms with E-state index in [1.165, 1.54) is 24.5 Å². The Morgan fingerprint density at radius 2 is 1.91 bits per heavy atom. The lowest BCUT2D eigenvalue weighted by Crippen LogP contribution is -2.12. The van der Waals surface area contributed by atoms with Gasteiger partial charge in [-0.25, -0.2) is 19.6 Å². The van der Waals surface area contributed by atoms with Crippen LogP contribution >= 0.6 is 22.9 Å². The van der Waals surface area contributed by atoms with Crippen LogP contribution in [0.1, 0.15) is 9.67 Å². The number of nitrogens with zero attached hydrogens (tertiary/aromatic N) is 6. The maximum atomic E-state index is 12.9. The fraction of sp³-hybridized carbons (Fsp3) is 0.0455. The van der Waals surface area contributed by atoms with Gasteiger partial charge in [-0.2, -0.15) is 5.10 Å². The normalized spacial score (nSPS) is 10.9. The van der Waals surface area contributed by atoms with Gasteiger partial charge >= 0.3 is 5.00 Å². The smallest absolute Gasteiger partial charge is 0.324 e. The number of methoxy groups -OCH3 is 1. The highest BCUT2D eigenvalue weighted by atomic mass is 35.5. The van der Waals surface area contributed by atoms with Gasteiger partial charge in [0.1, 0.15) is 16.7 Å². The molecule has 13 heteroatoms. The molecule has 0 radical (unpaired) electrons. The van der Waals surface area contributed by atoms with E-state index in [4.69, 9.17) is 16.3 Å². The van der Waals surface area contributed by atoms with Crippen molar-refractivity contribution in [1.82, 2.24) is 24.7 Å². The van der Waals surface area contributed by atoms with E-state index in [1.807, 2.05) is 12.1 Å². The van der Waals surface area contributed by atoms with Crippen molar-refractivity contribution in [1.29, 1.82) is 0 Å². The molecule has 4 heterocycles. The number of pyridine rings is 1. The zero-order chi connectivity index (χ0) is 24.5. The number of ether oxygens (including phenoxy) is 1. The molecule has 5 rings (SSSR count). The molecule has 174 valence electrons. The van der Waals surface area contributed by atoms with Crippen LogP contribution in [0.15, 0.2) is 60.9 Å². The van der Waals surface area contributed by atoms with Crippen molar-refractivity contribution >= 4 is 50.7 Å². The molecule has 0 fully saturated rings. The number of amides is 1. The largest absolute Gasteiger partial charge is 0.497 e. The second-order valence-electron chi connectivity index (χ2n) is 7.11. The van der Waals surface area contributed by atoms with Crippen LogP contribution in [0.25, 0.3) is 28.1 Å². The van der Waals surface area contributed by atoms with Gasteiger partial charge in [-0.3, -0.25) is 14.9 Å². The van der Waals surface area contributed by atoms with Crippen LogP contribution in [0.2, 0.25) is 5.15 Å². The molecule has 0 atom stereocenters. The summed E-state index contributed by atoms with van der Waals surface area (Å²) in [5, 5.41) is 18.8. The maximum absolute atomic E-state index is 12.9. The molecule has 4 aromatic heterocycles. The first-order valence-corrected chi connectivity index (χ1v) is 11.2. The van der Waals surface area contributed by atoms with Crippen molar-refractivity contribution < 1.29 is 14.5 Å². The zero-order valence-corrected chi connectivity index (χ0v) is 19.4. The van der Waals surface area contributed by atoms with Crippen molar-refractivity contribution in [2.45, 2.75) is 0 Å². The number of hydrogen-bond acceptors (Lipinski definition) is 9. The third-order valence-electron chi connectivity index (χ3n) is 4.96. The number of halogens is 1. The van der Waals surface area contributed by atoms with E-state index in [1.54, 1.807) is 36.1 Å². The molecule has 0 bridgehead atoms. The summed E-state index contributed by atoms with van der Waals surface area (Å²) in [4.78, 5) is 36.8. The highest BCUT2D eigenvalue weighted by Crippen LogP contribution is 2.29. The number of rotatable bonds is 6. The standard InChI is InChI=1S/C22H14ClN7O4S/c1-34-14-5-3-13(4-6-14)29-21-15(11-25-29)20(26-19(27-21)12-2-8-17(23)24-10-12)28-22(31)16-7-9-18(35-16)30(32)33/h2-11H,1H3,(H,26,27,28,31). The van der Waals surface area contributed by atoms with Crippen molar-refractivity contribution in [3.63, 3.8) is 0 Å². The fourth-order valence-corrected chi connectivity index (χ4v) is 4.10. The Balaban J connectivity index is 1.62. The molecule has 0 unspecified atom stereocenters. The maximum Gasteiger partial charge on any atom is 0.324 e. The summed E-state index contributed by atoms with van der Waals surface area (Å²) in [7, 11) is 1.58. The second-order valence-corrected chi connectivity index (χ2v) is 8.56. The van der Waals surface area contributed by atoms with Crippen molar-refractivity contribution in [2.75, 3.05) is 12.4 Å². The molecule has 11 nitrogen and oxygen atoms in total. The van der Waals surface area contributed by atoms with Gasteiger partial charge in [0.2, 0.25) is 0 Å². The third-order valence-corrected chi connectivity index (χ3v) is 6.22. The number of benzene rings is 1. The van der Waals surface area contributed by atoms with Crippen LogP contribution in [0.5, 0.6) is 5.75 Å². The minimum Gasteiger partial charge on any atom is -0.497 e. The number of carbonyl (C=O) groups is 1. The Hall–Kier alpha value is -4.42. The Morgan fingerprint density at radius 3 is 2.57 bits per heavy atom. The lowest BCUT2D eigenvalue weighted by atomic mass is 10.2. The van der Waals surface area contributed by atoms with Gasteiger partial charge in [-0.1, -0.05) is 22.9 Å². The number of aromatic nitrogens is 5. The Morgan fingerprint density at radius 1 is 1.11 bits per heavy atom. The molecule has 1 aromatic carbocycles. The molecule has 0 aliphatic heterocycles. The van der Waals surface area contributed by atoms with E-state index in [0.29, 0.717) is 33.2 Å². The van der Waals surface area contributed by atoms with E-state index >= 15 is 0 Å². The first-order valence-electron chi connectivity index (χ1n) is 10.0. The zero-order valence-electron chi connectivity index (χ0n) is 17.9. The number of nitro groups is 1. The van der Waals surface area contributed by atoms with E-state index in [0.717, 1.165) is 11.3 Å². The molecule has 5 aromatic rings. The lowest BCUT2D eigenvalue weighted by Gasteiger charge is -2.09. The number of anilines is 1. The SMILES string of the molecule is COc1ccc(-n2ncc3c(NC(=O)c4ccc([N+](=O)[O-])s4)nc(-c4ccc(Cl)nc4)nc32)cc1. The van der Waals surface area contributed by atoms with Gasteiger partial charge in [-0.05, 0) is 42.5 Å². The number of hydrogen-bond donors (Lipinski definition) is 1. The van der Waals surface area contributed by atoms with Gasteiger partial charge < -0.3 is 10.1 Å². The Labute approximate surface area is 206 Å². The van der Waals surface area contributed by atoms with Crippen molar-refractivity contribution in [2.24, 2.45) is 0 Å². The monoisotopic (exact) mass is 507 g/mol. The minimum atomic E-state index is -0.547. The van der Waals surface area contributed by atoms with Crippen molar-refractivity contribution in [3.05, 3.63) is 81.1 Å². The number of fused-ring (bicyclic) bond motifs is 1. The summed E-state index contributed by atoms with van der Waals surface area (Å²) in [5.41, 5.74) is 1.72.